The number of fused-ring (bicyclic) bond motifs is 1. The molecule has 2 aromatic rings. The average Bonchev–Trinajstić information content (AvgIpc) is 3.55. The predicted octanol–water partition coefficient (Wildman–Crippen LogP) is 2.70. The number of likely N-dealkylation sites (N-methyl/N-ethyl adjacent to an activating group) is 1. The lowest BCUT2D eigenvalue weighted by Gasteiger charge is -2.34. The third kappa shape index (κ3) is 5.53. The first-order valence-corrected chi connectivity index (χ1v) is 12.3. The smallest absolute Gasteiger partial charge is 0.211 e. The molecule has 1 saturated carbocycles. The molecule has 0 bridgehead atoms. The lowest BCUT2D eigenvalue weighted by Crippen LogP contribution is -2.41. The maximum Gasteiger partial charge on any atom is 0.211 e. The van der Waals surface area contributed by atoms with E-state index in [1.54, 1.807) is 0 Å². The molecule has 7 heteroatoms. The molecule has 6 nitrogen and oxygen atoms in total. The van der Waals surface area contributed by atoms with E-state index in [0.29, 0.717) is 19.1 Å². The molecule has 2 atom stereocenters. The fourth-order valence-electron chi connectivity index (χ4n) is 3.97. The minimum atomic E-state index is -3.20. The highest BCUT2D eigenvalue weighted by Gasteiger charge is 2.31. The molecule has 4 rings (SSSR count). The van der Waals surface area contributed by atoms with Gasteiger partial charge in [-0.2, -0.15) is 0 Å². The highest BCUT2D eigenvalue weighted by Crippen LogP contribution is 2.38. The molecule has 2 aliphatic rings. The summed E-state index contributed by atoms with van der Waals surface area (Å²) >= 11 is 0. The summed E-state index contributed by atoms with van der Waals surface area (Å²) in [6.45, 7) is 1.20. The Balaban J connectivity index is 1.41. The van der Waals surface area contributed by atoms with Gasteiger partial charge in [0.25, 0.3) is 0 Å². The maximum atomic E-state index is 12.0. The molecule has 1 aliphatic carbocycles. The molecule has 0 amide bonds. The van der Waals surface area contributed by atoms with Gasteiger partial charge in [-0.1, -0.05) is 30.3 Å². The summed E-state index contributed by atoms with van der Waals surface area (Å²) in [4.78, 5) is 0. The zero-order chi connectivity index (χ0) is 21.0. The van der Waals surface area contributed by atoms with Crippen molar-refractivity contribution >= 4 is 10.0 Å². The second-order valence-electron chi connectivity index (χ2n) is 8.17. The summed E-state index contributed by atoms with van der Waals surface area (Å²) in [5.41, 5.74) is 2.41. The van der Waals surface area contributed by atoms with E-state index in [1.807, 2.05) is 31.3 Å². The molecule has 2 aromatic carbocycles. The minimum Gasteiger partial charge on any atom is -0.492 e. The van der Waals surface area contributed by atoms with Crippen molar-refractivity contribution in [3.8, 4) is 11.5 Å². The van der Waals surface area contributed by atoms with Crippen molar-refractivity contribution < 1.29 is 17.9 Å². The minimum absolute atomic E-state index is 0.210. The van der Waals surface area contributed by atoms with Crippen LogP contribution in [0.3, 0.4) is 0 Å². The Bertz CT molecular complexity index is 945. The summed E-state index contributed by atoms with van der Waals surface area (Å²) in [5.74, 6) is 2.46. The topological polar surface area (TPSA) is 76.7 Å². The van der Waals surface area contributed by atoms with Crippen molar-refractivity contribution in [3.05, 3.63) is 59.7 Å². The first-order chi connectivity index (χ1) is 14.5. The van der Waals surface area contributed by atoms with Crippen LogP contribution in [0.2, 0.25) is 0 Å². The van der Waals surface area contributed by atoms with Crippen LogP contribution in [0, 0.1) is 5.92 Å². The highest BCUT2D eigenvalue weighted by molar-refractivity contribution is 7.89. The van der Waals surface area contributed by atoms with Crippen LogP contribution in [-0.4, -0.2) is 47.0 Å². The van der Waals surface area contributed by atoms with Crippen LogP contribution in [0.15, 0.2) is 48.5 Å². The van der Waals surface area contributed by atoms with Gasteiger partial charge in [-0.3, -0.25) is 0 Å². The Morgan fingerprint density at radius 3 is 2.67 bits per heavy atom. The van der Waals surface area contributed by atoms with Crippen LogP contribution in [0.1, 0.15) is 29.9 Å². The van der Waals surface area contributed by atoms with Gasteiger partial charge in [-0.05, 0) is 56.0 Å². The zero-order valence-corrected chi connectivity index (χ0v) is 18.2. The monoisotopic (exact) mass is 430 g/mol. The van der Waals surface area contributed by atoms with Gasteiger partial charge in [0.2, 0.25) is 10.0 Å². The third-order valence-electron chi connectivity index (χ3n) is 5.80. The van der Waals surface area contributed by atoms with Crippen molar-refractivity contribution in [1.82, 2.24) is 10.0 Å². The van der Waals surface area contributed by atoms with Crippen LogP contribution >= 0.6 is 0 Å². The Hall–Kier alpha value is -2.09. The number of ether oxygens (including phenoxy) is 2. The number of nitrogens with one attached hydrogen (secondary N) is 2. The molecule has 2 N–H and O–H groups in total. The first-order valence-electron chi connectivity index (χ1n) is 10.6. The molecule has 162 valence electrons. The van der Waals surface area contributed by atoms with E-state index in [2.05, 4.69) is 34.3 Å². The molecule has 0 spiro atoms. The number of benzene rings is 2. The van der Waals surface area contributed by atoms with Crippen LogP contribution in [0.5, 0.6) is 11.5 Å². The number of rotatable bonds is 10. The average molecular weight is 431 g/mol. The lowest BCUT2D eigenvalue weighted by atomic mass is 9.84. The van der Waals surface area contributed by atoms with E-state index in [-0.39, 0.29) is 24.3 Å². The quantitative estimate of drug-likeness (QED) is 0.567. The summed E-state index contributed by atoms with van der Waals surface area (Å²) < 4.78 is 38.4. The fourth-order valence-corrected chi connectivity index (χ4v) is 5.44. The van der Waals surface area contributed by atoms with Gasteiger partial charge in [0.1, 0.15) is 24.7 Å². The Kier molecular flexibility index (Phi) is 6.61. The summed E-state index contributed by atoms with van der Waals surface area (Å²) in [7, 11) is -1.24. The molecule has 0 aromatic heterocycles. The van der Waals surface area contributed by atoms with Gasteiger partial charge in [0.05, 0.1) is 5.75 Å². The van der Waals surface area contributed by atoms with E-state index < -0.39 is 10.0 Å². The van der Waals surface area contributed by atoms with Gasteiger partial charge in [-0.25, -0.2) is 13.1 Å². The Morgan fingerprint density at radius 1 is 1.13 bits per heavy atom. The van der Waals surface area contributed by atoms with Crippen LogP contribution < -0.4 is 19.5 Å². The summed E-state index contributed by atoms with van der Waals surface area (Å²) in [5, 5.41) is 3.38. The zero-order valence-electron chi connectivity index (χ0n) is 17.3. The van der Waals surface area contributed by atoms with E-state index in [0.717, 1.165) is 36.3 Å². The normalized spacial score (nSPS) is 21.0. The molecule has 1 unspecified atom stereocenters. The Morgan fingerprint density at radius 2 is 1.93 bits per heavy atom. The van der Waals surface area contributed by atoms with Gasteiger partial charge >= 0.3 is 0 Å². The van der Waals surface area contributed by atoms with E-state index in [4.69, 9.17) is 9.47 Å². The van der Waals surface area contributed by atoms with Crippen molar-refractivity contribution in [3.63, 3.8) is 0 Å². The molecule has 0 saturated heterocycles. The van der Waals surface area contributed by atoms with Gasteiger partial charge in [-0.15, -0.1) is 0 Å². The summed E-state index contributed by atoms with van der Waals surface area (Å²) in [6, 6.07) is 16.5. The van der Waals surface area contributed by atoms with Gasteiger partial charge < -0.3 is 14.8 Å². The Labute approximate surface area is 179 Å². The number of hydrogen-bond acceptors (Lipinski definition) is 5. The van der Waals surface area contributed by atoms with Gasteiger partial charge in [0.15, 0.2) is 0 Å². The van der Waals surface area contributed by atoms with Crippen LogP contribution in [0.25, 0.3) is 0 Å². The highest BCUT2D eigenvalue weighted by atomic mass is 32.2. The fraction of sp³-hybridized carbons (Fsp3) is 0.478. The second-order valence-corrected chi connectivity index (χ2v) is 10.0. The van der Waals surface area contributed by atoms with Gasteiger partial charge in [0, 0.05) is 24.1 Å². The standard InChI is InChI=1S/C23H30N2O4S/c1-24-22-15-29-23-10-9-19(28-12-11-25-30(26,27)16-18-7-8-18)14-21(23)20(22)13-17-5-3-2-4-6-17/h2-6,9-10,14,18,20,22,24-25H,7-8,11-13,15-16H2,1H3/t20?,22-/m1/s1. The van der Waals surface area contributed by atoms with Crippen LogP contribution in [-0.2, 0) is 16.4 Å². The SMILES string of the molecule is CN[C@@H]1COc2ccc(OCCNS(=O)(=O)CC3CC3)cc2C1Cc1ccccc1. The second kappa shape index (κ2) is 9.37. The molecular weight excluding hydrogens is 400 g/mol. The largest absolute Gasteiger partial charge is 0.492 e. The first kappa shape index (κ1) is 21.2. The molecule has 1 fully saturated rings. The van der Waals surface area contributed by atoms with E-state index in [9.17, 15) is 8.42 Å². The van der Waals surface area contributed by atoms with Crippen molar-refractivity contribution in [2.45, 2.75) is 31.2 Å². The summed E-state index contributed by atoms with van der Waals surface area (Å²) in [6.07, 6.45) is 2.95. The lowest BCUT2D eigenvalue weighted by molar-refractivity contribution is 0.217. The molecular formula is C23H30N2O4S. The van der Waals surface area contributed by atoms with Crippen molar-refractivity contribution in [2.24, 2.45) is 5.92 Å². The third-order valence-corrected chi connectivity index (χ3v) is 7.35. The number of sulfonamides is 1. The van der Waals surface area contributed by atoms with Crippen LogP contribution in [0.4, 0.5) is 0 Å². The molecule has 1 heterocycles. The van der Waals surface area contributed by atoms with Crippen molar-refractivity contribution in [2.75, 3.05) is 32.6 Å². The van der Waals surface area contributed by atoms with Crippen molar-refractivity contribution in [1.29, 1.82) is 0 Å². The molecule has 0 radical (unpaired) electrons. The molecule has 30 heavy (non-hydrogen) atoms. The number of hydrogen-bond donors (Lipinski definition) is 2. The maximum absolute atomic E-state index is 12.0. The predicted molar refractivity (Wildman–Crippen MR) is 118 cm³/mol. The van der Waals surface area contributed by atoms with E-state index >= 15 is 0 Å². The molecule has 1 aliphatic heterocycles. The van der Waals surface area contributed by atoms with E-state index in [1.165, 1.54) is 5.56 Å².